The highest BCUT2D eigenvalue weighted by atomic mass is 32.2. The molecule has 12 heteroatoms. The van der Waals surface area contributed by atoms with E-state index < -0.39 is 48.9 Å². The first-order valence-electron chi connectivity index (χ1n) is 8.28. The summed E-state index contributed by atoms with van der Waals surface area (Å²) in [5.41, 5.74) is -2.03. The summed E-state index contributed by atoms with van der Waals surface area (Å²) in [5.74, 6) is -1.18. The number of halogens is 6. The van der Waals surface area contributed by atoms with Gasteiger partial charge in [0.2, 0.25) is 0 Å². The number of carbonyl (C=O) groups is 1. The maximum atomic E-state index is 12.8. The standard InChI is InChI=1S/C18H16F6N2O3S/c1-16(2,30(28,29)13-7-4-11(5-8-13)17(19,20)21)15(27)25-14-9-6-12(10-26(14)3)18(22,23)24/h4-10H,1-3H3/p+1. The number of carbonyl (C=O) groups excluding carboxylic acids is 1. The van der Waals surface area contributed by atoms with Crippen molar-refractivity contribution >= 4 is 21.6 Å². The molecule has 0 aliphatic rings. The minimum atomic E-state index is -4.66. The highest BCUT2D eigenvalue weighted by molar-refractivity contribution is 7.93. The first kappa shape index (κ1) is 23.6. The van der Waals surface area contributed by atoms with Gasteiger partial charge in [0.25, 0.3) is 5.82 Å². The largest absolute Gasteiger partial charge is 0.419 e. The number of hydrogen-bond donors (Lipinski definition) is 1. The van der Waals surface area contributed by atoms with Gasteiger partial charge in [-0.2, -0.15) is 26.3 Å². The molecule has 0 aliphatic carbocycles. The molecule has 0 bridgehead atoms. The van der Waals surface area contributed by atoms with Crippen LogP contribution in [0.1, 0.15) is 25.0 Å². The van der Waals surface area contributed by atoms with Crippen LogP contribution in [0.4, 0.5) is 32.2 Å². The number of alkyl halides is 6. The molecule has 5 nitrogen and oxygen atoms in total. The molecule has 0 spiro atoms. The number of anilines is 1. The Balaban J connectivity index is 2.32. The summed E-state index contributed by atoms with van der Waals surface area (Å²) in [4.78, 5) is 12.1. The predicted octanol–water partition coefficient (Wildman–Crippen LogP) is 3.74. The molecule has 1 aromatic heterocycles. The van der Waals surface area contributed by atoms with E-state index in [1.807, 2.05) is 0 Å². The number of hydrogen-bond acceptors (Lipinski definition) is 3. The van der Waals surface area contributed by atoms with Gasteiger partial charge in [0.1, 0.15) is 6.20 Å². The zero-order valence-corrected chi connectivity index (χ0v) is 16.7. The van der Waals surface area contributed by atoms with Crippen molar-refractivity contribution in [3.63, 3.8) is 0 Å². The number of rotatable bonds is 4. The number of sulfone groups is 1. The Morgan fingerprint density at radius 2 is 1.33 bits per heavy atom. The van der Waals surface area contributed by atoms with Crippen LogP contribution in [-0.4, -0.2) is 19.1 Å². The van der Waals surface area contributed by atoms with Crippen LogP contribution in [0, 0.1) is 0 Å². The Morgan fingerprint density at radius 3 is 1.77 bits per heavy atom. The number of aryl methyl sites for hydroxylation is 1. The molecule has 0 atom stereocenters. The summed E-state index contributed by atoms with van der Waals surface area (Å²) < 4.78 is 101. The van der Waals surface area contributed by atoms with Gasteiger partial charge in [-0.3, -0.25) is 0 Å². The maximum absolute atomic E-state index is 12.8. The van der Waals surface area contributed by atoms with E-state index in [1.54, 1.807) is 0 Å². The lowest BCUT2D eigenvalue weighted by Gasteiger charge is -2.21. The van der Waals surface area contributed by atoms with Crippen LogP contribution in [0.3, 0.4) is 0 Å². The normalized spacial score (nSPS) is 13.2. The number of nitrogens with one attached hydrogen (secondary N) is 1. The van der Waals surface area contributed by atoms with Gasteiger partial charge < -0.3 is 0 Å². The van der Waals surface area contributed by atoms with Gasteiger partial charge in [-0.1, -0.05) is 0 Å². The Morgan fingerprint density at radius 1 is 0.867 bits per heavy atom. The minimum absolute atomic E-state index is 0.108. The molecule has 1 heterocycles. The van der Waals surface area contributed by atoms with Crippen molar-refractivity contribution < 1.29 is 44.1 Å². The van der Waals surface area contributed by atoms with Crippen molar-refractivity contribution in [3.05, 3.63) is 53.7 Å². The summed E-state index contributed by atoms with van der Waals surface area (Å²) in [7, 11) is -3.21. The molecule has 0 radical (unpaired) electrons. The first-order chi connectivity index (χ1) is 13.5. The molecular formula is C18H17F6N2O3S+. The Hall–Kier alpha value is -2.63. The van der Waals surface area contributed by atoms with Gasteiger partial charge in [-0.25, -0.2) is 23.1 Å². The van der Waals surface area contributed by atoms with Crippen molar-refractivity contribution in [2.45, 2.75) is 35.8 Å². The van der Waals surface area contributed by atoms with Crippen LogP contribution in [0.15, 0.2) is 47.5 Å². The zero-order valence-electron chi connectivity index (χ0n) is 15.9. The topological polar surface area (TPSA) is 67.1 Å². The van der Waals surface area contributed by atoms with Crippen molar-refractivity contribution in [1.29, 1.82) is 0 Å². The van der Waals surface area contributed by atoms with Gasteiger partial charge in [0.15, 0.2) is 14.6 Å². The molecule has 0 saturated heterocycles. The smallest absolute Gasteiger partial charge is 0.245 e. The molecule has 0 saturated carbocycles. The average molecular weight is 455 g/mol. The van der Waals surface area contributed by atoms with Crippen LogP contribution in [-0.2, 0) is 34.0 Å². The van der Waals surface area contributed by atoms with Crippen molar-refractivity contribution in [2.75, 3.05) is 5.32 Å². The van der Waals surface area contributed by atoms with Crippen molar-refractivity contribution in [2.24, 2.45) is 7.05 Å². The quantitative estimate of drug-likeness (QED) is 0.564. The Labute approximate surface area is 168 Å². The van der Waals surface area contributed by atoms with E-state index in [2.05, 4.69) is 5.32 Å². The fourth-order valence-corrected chi connectivity index (χ4v) is 3.79. The maximum Gasteiger partial charge on any atom is 0.419 e. The SMILES string of the molecule is C[n+]1cc(C(F)(F)F)ccc1NC(=O)C(C)(C)S(=O)(=O)c1ccc(C(F)(F)F)cc1. The van der Waals surface area contributed by atoms with E-state index >= 15 is 0 Å². The third-order valence-corrected chi connectivity index (χ3v) is 6.83. The third-order valence-electron chi connectivity index (χ3n) is 4.41. The second kappa shape index (κ2) is 7.56. The molecule has 1 aromatic carbocycles. The molecule has 2 rings (SSSR count). The molecule has 0 aliphatic heterocycles. The zero-order chi connectivity index (χ0) is 23.1. The molecule has 0 fully saturated rings. The van der Waals surface area contributed by atoms with Crippen LogP contribution in [0.25, 0.3) is 0 Å². The minimum Gasteiger partial charge on any atom is -0.245 e. The number of aromatic nitrogens is 1. The summed E-state index contributed by atoms with van der Waals surface area (Å²) >= 11 is 0. The van der Waals surface area contributed by atoms with Crippen LogP contribution in [0.2, 0.25) is 0 Å². The van der Waals surface area contributed by atoms with Crippen molar-refractivity contribution in [3.8, 4) is 0 Å². The number of amides is 1. The first-order valence-corrected chi connectivity index (χ1v) is 9.76. The Kier molecular flexibility index (Phi) is 5.96. The van der Waals surface area contributed by atoms with Gasteiger partial charge in [0, 0.05) is 6.07 Å². The lowest BCUT2D eigenvalue weighted by Crippen LogP contribution is -2.47. The van der Waals surface area contributed by atoms with E-state index in [9.17, 15) is 39.6 Å². The van der Waals surface area contributed by atoms with Crippen LogP contribution >= 0.6 is 0 Å². The van der Waals surface area contributed by atoms with E-state index in [0.29, 0.717) is 24.4 Å². The highest BCUT2D eigenvalue weighted by Gasteiger charge is 2.46. The summed E-state index contributed by atoms with van der Waals surface area (Å²) in [6, 6.07) is 4.32. The second-order valence-electron chi connectivity index (χ2n) is 6.90. The van der Waals surface area contributed by atoms with Gasteiger partial charge >= 0.3 is 18.3 Å². The lowest BCUT2D eigenvalue weighted by molar-refractivity contribution is -0.658. The molecule has 1 N–H and O–H groups in total. The molecule has 30 heavy (non-hydrogen) atoms. The lowest BCUT2D eigenvalue weighted by atomic mass is 10.2. The monoisotopic (exact) mass is 455 g/mol. The molecular weight excluding hydrogens is 438 g/mol. The summed E-state index contributed by atoms with van der Waals surface area (Å²) in [6.45, 7) is 2.08. The number of benzene rings is 1. The second-order valence-corrected chi connectivity index (χ2v) is 9.40. The van der Waals surface area contributed by atoms with Crippen LogP contribution < -0.4 is 9.88 Å². The van der Waals surface area contributed by atoms with Crippen LogP contribution in [0.5, 0.6) is 0 Å². The third kappa shape index (κ3) is 4.58. The van der Waals surface area contributed by atoms with Gasteiger partial charge in [0.05, 0.1) is 23.1 Å². The summed E-state index contributed by atoms with van der Waals surface area (Å²) in [5, 5.41) is 2.24. The molecule has 1 amide bonds. The molecule has 0 unspecified atom stereocenters. The van der Waals surface area contributed by atoms with Crippen molar-refractivity contribution in [1.82, 2.24) is 0 Å². The predicted molar refractivity (Wildman–Crippen MR) is 94.0 cm³/mol. The van der Waals surface area contributed by atoms with Gasteiger partial charge in [-0.15, -0.1) is 0 Å². The fraction of sp³-hybridized carbons (Fsp3) is 0.333. The fourth-order valence-electron chi connectivity index (χ4n) is 2.41. The summed E-state index contributed by atoms with van der Waals surface area (Å²) in [6.07, 6.45) is -8.55. The average Bonchev–Trinajstić information content (AvgIpc) is 2.61. The van der Waals surface area contributed by atoms with E-state index in [-0.39, 0.29) is 5.82 Å². The van der Waals surface area contributed by atoms with E-state index in [4.69, 9.17) is 0 Å². The van der Waals surface area contributed by atoms with E-state index in [1.165, 1.54) is 7.05 Å². The van der Waals surface area contributed by atoms with Gasteiger partial charge in [-0.05, 0) is 44.2 Å². The molecule has 2 aromatic rings. The number of pyridine rings is 1. The molecule has 164 valence electrons. The Bertz CT molecular complexity index is 1060. The van der Waals surface area contributed by atoms with E-state index in [0.717, 1.165) is 36.6 Å². The highest BCUT2D eigenvalue weighted by Crippen LogP contribution is 2.32. The number of nitrogens with zero attached hydrogens (tertiary/aromatic N) is 1.